The van der Waals surface area contributed by atoms with Crippen LogP contribution in [0.3, 0.4) is 0 Å². The molecular formula is C58H37N5S. The Hall–Kier alpha value is -8.06. The van der Waals surface area contributed by atoms with Gasteiger partial charge in [0.05, 0.1) is 27.8 Å². The van der Waals surface area contributed by atoms with Crippen LogP contribution in [0.5, 0.6) is 0 Å². The highest BCUT2D eigenvalue weighted by molar-refractivity contribution is 7.99. The van der Waals surface area contributed by atoms with E-state index in [1.54, 1.807) is 0 Å². The van der Waals surface area contributed by atoms with Crippen LogP contribution >= 0.6 is 11.8 Å². The molecule has 0 aliphatic carbocycles. The van der Waals surface area contributed by atoms with Crippen molar-refractivity contribution in [2.24, 2.45) is 0 Å². The summed E-state index contributed by atoms with van der Waals surface area (Å²) in [5, 5.41) is 2.41. The van der Waals surface area contributed by atoms with E-state index in [0.717, 1.165) is 39.1 Å². The van der Waals surface area contributed by atoms with Crippen molar-refractivity contribution in [1.82, 2.24) is 19.5 Å². The average molecular weight is 836 g/mol. The van der Waals surface area contributed by atoms with Gasteiger partial charge in [-0.3, -0.25) is 0 Å². The minimum atomic E-state index is -0.585. The maximum absolute atomic E-state index is 5.10. The zero-order valence-corrected chi connectivity index (χ0v) is 35.3. The Kier molecular flexibility index (Phi) is 8.30. The van der Waals surface area contributed by atoms with Crippen molar-refractivity contribution in [3.63, 3.8) is 0 Å². The Morgan fingerprint density at radius 2 is 0.859 bits per heavy atom. The Morgan fingerprint density at radius 1 is 0.344 bits per heavy atom. The molecule has 2 aliphatic heterocycles. The van der Waals surface area contributed by atoms with Crippen molar-refractivity contribution in [2.75, 3.05) is 4.90 Å². The lowest BCUT2D eigenvalue weighted by atomic mass is 9.62. The molecule has 300 valence electrons. The molecule has 5 nitrogen and oxygen atoms in total. The first-order chi connectivity index (χ1) is 31.7. The van der Waals surface area contributed by atoms with Crippen LogP contribution in [0.15, 0.2) is 234 Å². The summed E-state index contributed by atoms with van der Waals surface area (Å²) in [6.07, 6.45) is 0. The van der Waals surface area contributed by atoms with Gasteiger partial charge in [0.1, 0.15) is 0 Å². The van der Waals surface area contributed by atoms with Gasteiger partial charge in [0.15, 0.2) is 17.5 Å². The molecule has 0 amide bonds. The predicted octanol–water partition coefficient (Wildman–Crippen LogP) is 14.6. The van der Waals surface area contributed by atoms with Gasteiger partial charge >= 0.3 is 0 Å². The first-order valence-electron chi connectivity index (χ1n) is 21.6. The highest BCUT2D eigenvalue weighted by Crippen LogP contribution is 2.63. The average Bonchev–Trinajstić information content (AvgIpc) is 3.69. The van der Waals surface area contributed by atoms with E-state index < -0.39 is 5.41 Å². The summed E-state index contributed by atoms with van der Waals surface area (Å²) in [6.45, 7) is 0. The smallest absolute Gasteiger partial charge is 0.164 e. The van der Waals surface area contributed by atoms with Crippen molar-refractivity contribution in [3.8, 4) is 39.9 Å². The van der Waals surface area contributed by atoms with E-state index >= 15 is 0 Å². The number of hydrogen-bond donors (Lipinski definition) is 0. The maximum atomic E-state index is 5.10. The molecule has 2 aromatic heterocycles. The summed E-state index contributed by atoms with van der Waals surface area (Å²) in [5.74, 6) is 1.91. The zero-order valence-electron chi connectivity index (χ0n) is 34.5. The Labute approximate surface area is 375 Å². The summed E-state index contributed by atoms with van der Waals surface area (Å²) in [5.41, 5.74) is 14.2. The van der Waals surface area contributed by atoms with Crippen molar-refractivity contribution in [2.45, 2.75) is 15.2 Å². The Morgan fingerprint density at radius 3 is 1.53 bits per heavy atom. The largest absolute Gasteiger partial charge is 0.310 e. The van der Waals surface area contributed by atoms with Crippen LogP contribution in [0, 0.1) is 0 Å². The summed E-state index contributed by atoms with van der Waals surface area (Å²) < 4.78 is 2.42. The number of para-hydroxylation sites is 4. The molecule has 0 saturated carbocycles. The van der Waals surface area contributed by atoms with Crippen LogP contribution in [-0.2, 0) is 5.41 Å². The molecule has 6 heteroatoms. The van der Waals surface area contributed by atoms with E-state index in [1.165, 1.54) is 54.2 Å². The molecule has 0 radical (unpaired) electrons. The molecule has 2 aliphatic rings. The van der Waals surface area contributed by atoms with Crippen LogP contribution in [0.4, 0.5) is 17.1 Å². The number of aromatic nitrogens is 4. The Balaban J connectivity index is 1.05. The van der Waals surface area contributed by atoms with Crippen molar-refractivity contribution in [1.29, 1.82) is 0 Å². The monoisotopic (exact) mass is 835 g/mol. The second-order valence-electron chi connectivity index (χ2n) is 16.4. The standard InChI is InChI=1S/C58H37N5S/c1-4-19-38(20-5-1)55-59-56(39-21-6-2-7-22-39)61-57(60-55)40-23-18-26-42(35-40)63-49-31-14-10-27-43(49)44-36-48-54(37-52(44)63)64-53-34-17-13-30-47(53)58(48)45-28-11-15-32-50(45)62(41-24-8-3-9-25-41)51-33-16-12-29-46(51)58/h1-37H. The van der Waals surface area contributed by atoms with Crippen LogP contribution in [0.25, 0.3) is 61.7 Å². The van der Waals surface area contributed by atoms with Gasteiger partial charge in [0, 0.05) is 48.6 Å². The fourth-order valence-corrected chi connectivity index (χ4v) is 11.4. The summed E-state index contributed by atoms with van der Waals surface area (Å²) in [4.78, 5) is 20.1. The molecule has 0 atom stereocenters. The second kappa shape index (κ2) is 14.5. The number of benzene rings is 9. The minimum Gasteiger partial charge on any atom is -0.310 e. The summed E-state index contributed by atoms with van der Waals surface area (Å²) >= 11 is 1.87. The molecule has 0 saturated heterocycles. The number of fused-ring (bicyclic) bond motifs is 11. The molecule has 0 bridgehead atoms. The minimum absolute atomic E-state index is 0.585. The van der Waals surface area contributed by atoms with Crippen molar-refractivity contribution >= 4 is 50.6 Å². The predicted molar refractivity (Wildman–Crippen MR) is 261 cm³/mol. The fraction of sp³-hybridized carbons (Fsp3) is 0.0172. The van der Waals surface area contributed by atoms with Crippen molar-refractivity contribution < 1.29 is 0 Å². The van der Waals surface area contributed by atoms with Crippen LogP contribution in [0.1, 0.15) is 22.3 Å². The normalized spacial score (nSPS) is 13.3. The van der Waals surface area contributed by atoms with E-state index in [2.05, 4.69) is 173 Å². The molecule has 0 unspecified atom stereocenters. The van der Waals surface area contributed by atoms with E-state index in [0.29, 0.717) is 17.5 Å². The molecule has 11 aromatic rings. The fourth-order valence-electron chi connectivity index (χ4n) is 10.2. The van der Waals surface area contributed by atoms with Gasteiger partial charge in [-0.1, -0.05) is 176 Å². The van der Waals surface area contributed by atoms with Crippen LogP contribution < -0.4 is 4.90 Å². The summed E-state index contributed by atoms with van der Waals surface area (Å²) in [6, 6.07) is 80.5. The van der Waals surface area contributed by atoms with Gasteiger partial charge < -0.3 is 9.47 Å². The lowest BCUT2D eigenvalue weighted by Crippen LogP contribution is -2.39. The lowest BCUT2D eigenvalue weighted by Gasteiger charge is -2.49. The molecule has 13 rings (SSSR count). The molecule has 64 heavy (non-hydrogen) atoms. The number of anilines is 3. The van der Waals surface area contributed by atoms with E-state index in [4.69, 9.17) is 15.0 Å². The van der Waals surface area contributed by atoms with Gasteiger partial charge in [-0.25, -0.2) is 15.0 Å². The molecule has 0 N–H and O–H groups in total. The lowest BCUT2D eigenvalue weighted by molar-refractivity contribution is 0.693. The van der Waals surface area contributed by atoms with E-state index in [1.807, 2.05) is 72.4 Å². The summed E-state index contributed by atoms with van der Waals surface area (Å²) in [7, 11) is 0. The first-order valence-corrected chi connectivity index (χ1v) is 22.4. The first kappa shape index (κ1) is 36.6. The zero-order chi connectivity index (χ0) is 42.2. The van der Waals surface area contributed by atoms with Crippen LogP contribution in [0.2, 0.25) is 0 Å². The number of nitrogens with zero attached hydrogens (tertiary/aromatic N) is 5. The van der Waals surface area contributed by atoms with E-state index in [9.17, 15) is 0 Å². The van der Waals surface area contributed by atoms with Gasteiger partial charge in [-0.2, -0.15) is 0 Å². The maximum Gasteiger partial charge on any atom is 0.164 e. The number of hydrogen-bond acceptors (Lipinski definition) is 5. The highest BCUT2D eigenvalue weighted by atomic mass is 32.2. The third-order valence-corrected chi connectivity index (χ3v) is 14.0. The van der Waals surface area contributed by atoms with Gasteiger partial charge in [0.2, 0.25) is 0 Å². The second-order valence-corrected chi connectivity index (χ2v) is 17.4. The Bertz CT molecular complexity index is 3500. The SMILES string of the molecule is c1ccc(-c2nc(-c3ccccc3)nc(-c3cccc(-n4c5ccccc5c5cc6c(cc54)Sc4ccccc4C64c5ccccc5N(c5ccccc5)c5ccccc54)c3)n2)cc1. The topological polar surface area (TPSA) is 46.8 Å². The quantitative estimate of drug-likeness (QED) is 0.173. The molecule has 4 heterocycles. The van der Waals surface area contributed by atoms with Crippen molar-refractivity contribution in [3.05, 3.63) is 247 Å². The molecule has 9 aromatic carbocycles. The van der Waals surface area contributed by atoms with E-state index in [-0.39, 0.29) is 0 Å². The third kappa shape index (κ3) is 5.49. The van der Waals surface area contributed by atoms with Crippen LogP contribution in [-0.4, -0.2) is 19.5 Å². The highest BCUT2D eigenvalue weighted by Gasteiger charge is 2.50. The van der Waals surface area contributed by atoms with Gasteiger partial charge in [0.25, 0.3) is 0 Å². The van der Waals surface area contributed by atoms with Gasteiger partial charge in [-0.15, -0.1) is 0 Å². The molecule has 1 spiro atoms. The number of rotatable bonds is 5. The van der Waals surface area contributed by atoms with Gasteiger partial charge in [-0.05, 0) is 82.9 Å². The molecular weight excluding hydrogens is 799 g/mol. The third-order valence-electron chi connectivity index (χ3n) is 12.9. The molecule has 0 fully saturated rings.